The molecule has 2 atom stereocenters. The lowest BCUT2D eigenvalue weighted by atomic mass is 10.1. The first-order valence-electron chi connectivity index (χ1n) is 6.32. The van der Waals surface area contributed by atoms with Gasteiger partial charge in [-0.05, 0) is 31.2 Å². The van der Waals surface area contributed by atoms with Gasteiger partial charge < -0.3 is 15.8 Å². The number of ether oxygens (including phenoxy) is 1. The number of nitrogens with zero attached hydrogens (tertiary/aromatic N) is 2. The maximum atomic E-state index is 8.94. The summed E-state index contributed by atoms with van der Waals surface area (Å²) >= 11 is 0. The fourth-order valence-electron chi connectivity index (χ4n) is 2.52. The number of rotatable bonds is 3. The number of nitrogens with one attached hydrogen (secondary N) is 1. The Labute approximate surface area is 106 Å². The second kappa shape index (κ2) is 4.46. The molecule has 0 bridgehead atoms. The molecule has 0 aromatic carbocycles. The van der Waals surface area contributed by atoms with Crippen LogP contribution in [0.5, 0.6) is 0 Å². The summed E-state index contributed by atoms with van der Waals surface area (Å²) in [5.41, 5.74) is 6.82. The third-order valence-electron chi connectivity index (χ3n) is 3.66. The largest absolute Gasteiger partial charge is 0.395 e. The number of hydrogen-bond acceptors (Lipinski definition) is 5. The van der Waals surface area contributed by atoms with Crippen LogP contribution < -0.4 is 11.1 Å². The molecule has 2 fully saturated rings. The molecule has 1 saturated carbocycles. The summed E-state index contributed by atoms with van der Waals surface area (Å²) < 4.78 is 5.76. The van der Waals surface area contributed by atoms with Crippen molar-refractivity contribution in [3.63, 3.8) is 0 Å². The summed E-state index contributed by atoms with van der Waals surface area (Å²) in [5, 5.41) is 12.3. The van der Waals surface area contributed by atoms with Gasteiger partial charge in [-0.1, -0.05) is 0 Å². The highest BCUT2D eigenvalue weighted by Gasteiger charge is 2.40. The molecule has 0 amide bonds. The molecule has 5 heteroatoms. The van der Waals surface area contributed by atoms with Crippen molar-refractivity contribution in [1.29, 1.82) is 5.26 Å². The van der Waals surface area contributed by atoms with Gasteiger partial charge in [-0.2, -0.15) is 5.26 Å². The Morgan fingerprint density at radius 1 is 1.44 bits per heavy atom. The summed E-state index contributed by atoms with van der Waals surface area (Å²) in [7, 11) is 0. The molecule has 5 nitrogen and oxygen atoms in total. The molecule has 0 spiro atoms. The maximum absolute atomic E-state index is 8.94. The van der Waals surface area contributed by atoms with Gasteiger partial charge in [0.05, 0.1) is 23.4 Å². The number of nitriles is 1. The minimum absolute atomic E-state index is 0.265. The van der Waals surface area contributed by atoms with Crippen molar-refractivity contribution in [3.8, 4) is 6.07 Å². The lowest BCUT2D eigenvalue weighted by molar-refractivity contribution is 0.0898. The number of anilines is 2. The van der Waals surface area contributed by atoms with Crippen LogP contribution in [0, 0.1) is 17.2 Å². The van der Waals surface area contributed by atoms with Crippen molar-refractivity contribution in [2.24, 2.45) is 5.92 Å². The fraction of sp³-hybridized carbons (Fsp3) is 0.538. The first kappa shape index (κ1) is 11.3. The van der Waals surface area contributed by atoms with E-state index in [0.717, 1.165) is 13.0 Å². The van der Waals surface area contributed by atoms with Gasteiger partial charge in [0.25, 0.3) is 0 Å². The second-order valence-corrected chi connectivity index (χ2v) is 4.94. The van der Waals surface area contributed by atoms with Crippen LogP contribution in [0.4, 0.5) is 11.5 Å². The molecule has 1 saturated heterocycles. The molecule has 1 aliphatic carbocycles. The van der Waals surface area contributed by atoms with Crippen molar-refractivity contribution in [2.45, 2.75) is 31.4 Å². The van der Waals surface area contributed by atoms with Crippen LogP contribution in [0.3, 0.4) is 0 Å². The number of nitrogens with two attached hydrogens (primary N) is 1. The molecular formula is C13H16N4O. The van der Waals surface area contributed by atoms with E-state index in [4.69, 9.17) is 15.7 Å². The third kappa shape index (κ3) is 2.00. The Morgan fingerprint density at radius 2 is 2.28 bits per heavy atom. The summed E-state index contributed by atoms with van der Waals surface area (Å²) in [6.45, 7) is 0.788. The Kier molecular flexibility index (Phi) is 2.80. The minimum atomic E-state index is 0.265. The average Bonchev–Trinajstić information content (AvgIpc) is 3.13. The Hall–Kier alpha value is -1.80. The van der Waals surface area contributed by atoms with E-state index in [0.29, 0.717) is 23.0 Å². The number of nitrogen functional groups attached to an aromatic ring is 1. The number of hydrogen-bond donors (Lipinski definition) is 2. The van der Waals surface area contributed by atoms with Crippen LogP contribution in [0.1, 0.15) is 24.8 Å². The van der Waals surface area contributed by atoms with E-state index in [1.165, 1.54) is 12.8 Å². The normalized spacial score (nSPS) is 26.8. The van der Waals surface area contributed by atoms with Crippen molar-refractivity contribution >= 4 is 11.5 Å². The highest BCUT2D eigenvalue weighted by molar-refractivity contribution is 5.69. The molecule has 2 unspecified atom stereocenters. The van der Waals surface area contributed by atoms with Crippen LogP contribution >= 0.6 is 0 Å². The second-order valence-electron chi connectivity index (χ2n) is 4.94. The lowest BCUT2D eigenvalue weighted by Crippen LogP contribution is -2.31. The van der Waals surface area contributed by atoms with E-state index in [1.807, 2.05) is 0 Å². The standard InChI is InChI=1S/C13H16N4O/c14-7-9-3-5-16-13(11(9)15)17-10-4-6-18-12(10)8-1-2-8/h3,5,8,10,12H,1-2,4,6,15H2,(H,16,17). The lowest BCUT2D eigenvalue weighted by Gasteiger charge is -2.20. The van der Waals surface area contributed by atoms with Crippen LogP contribution in [0.15, 0.2) is 12.3 Å². The highest BCUT2D eigenvalue weighted by Crippen LogP contribution is 2.39. The van der Waals surface area contributed by atoms with Gasteiger partial charge in [0.1, 0.15) is 6.07 Å². The monoisotopic (exact) mass is 244 g/mol. The predicted molar refractivity (Wildman–Crippen MR) is 67.9 cm³/mol. The molecule has 1 aliphatic heterocycles. The van der Waals surface area contributed by atoms with Gasteiger partial charge in [0.15, 0.2) is 5.82 Å². The molecule has 1 aromatic rings. The van der Waals surface area contributed by atoms with E-state index < -0.39 is 0 Å². The van der Waals surface area contributed by atoms with Crippen molar-refractivity contribution in [2.75, 3.05) is 17.7 Å². The maximum Gasteiger partial charge on any atom is 0.150 e. The number of aromatic nitrogens is 1. The van der Waals surface area contributed by atoms with Gasteiger partial charge in [0.2, 0.25) is 0 Å². The zero-order valence-electron chi connectivity index (χ0n) is 10.1. The summed E-state index contributed by atoms with van der Waals surface area (Å²) in [4.78, 5) is 4.22. The first-order valence-corrected chi connectivity index (χ1v) is 6.32. The Bertz CT molecular complexity index is 492. The topological polar surface area (TPSA) is 84.0 Å². The van der Waals surface area contributed by atoms with Gasteiger partial charge >= 0.3 is 0 Å². The molecule has 0 radical (unpaired) electrons. The SMILES string of the molecule is N#Cc1ccnc(NC2CCOC2C2CC2)c1N. The van der Waals surface area contributed by atoms with E-state index in [1.54, 1.807) is 12.3 Å². The van der Waals surface area contributed by atoms with Crippen LogP contribution in [0.25, 0.3) is 0 Å². The quantitative estimate of drug-likeness (QED) is 0.842. The summed E-state index contributed by atoms with van der Waals surface area (Å²) in [6.07, 6.45) is 5.36. The Balaban J connectivity index is 1.78. The summed E-state index contributed by atoms with van der Waals surface area (Å²) in [5.74, 6) is 1.29. The van der Waals surface area contributed by atoms with E-state index in [2.05, 4.69) is 16.4 Å². The first-order chi connectivity index (χ1) is 8.79. The molecule has 2 heterocycles. The van der Waals surface area contributed by atoms with Crippen LogP contribution in [-0.4, -0.2) is 23.7 Å². The van der Waals surface area contributed by atoms with Gasteiger partial charge in [0, 0.05) is 12.8 Å². The zero-order valence-corrected chi connectivity index (χ0v) is 10.1. The van der Waals surface area contributed by atoms with Gasteiger partial charge in [-0.25, -0.2) is 4.98 Å². The zero-order chi connectivity index (χ0) is 12.5. The molecule has 3 N–H and O–H groups in total. The summed E-state index contributed by atoms with van der Waals surface area (Å²) in [6, 6.07) is 3.96. The van der Waals surface area contributed by atoms with Gasteiger partial charge in [-0.3, -0.25) is 0 Å². The Morgan fingerprint density at radius 3 is 3.00 bits per heavy atom. The van der Waals surface area contributed by atoms with Crippen LogP contribution in [-0.2, 0) is 4.74 Å². The molecular weight excluding hydrogens is 228 g/mol. The van der Waals surface area contributed by atoms with Gasteiger partial charge in [-0.15, -0.1) is 0 Å². The van der Waals surface area contributed by atoms with Crippen molar-refractivity contribution in [3.05, 3.63) is 17.8 Å². The fourth-order valence-corrected chi connectivity index (χ4v) is 2.52. The average molecular weight is 244 g/mol. The predicted octanol–water partition coefficient (Wildman–Crippen LogP) is 1.51. The minimum Gasteiger partial charge on any atom is -0.395 e. The molecule has 1 aromatic heterocycles. The molecule has 18 heavy (non-hydrogen) atoms. The highest BCUT2D eigenvalue weighted by atomic mass is 16.5. The van der Waals surface area contributed by atoms with Crippen molar-refractivity contribution < 1.29 is 4.74 Å². The molecule has 3 rings (SSSR count). The van der Waals surface area contributed by atoms with E-state index >= 15 is 0 Å². The molecule has 2 aliphatic rings. The van der Waals surface area contributed by atoms with Crippen LogP contribution in [0.2, 0.25) is 0 Å². The number of pyridine rings is 1. The third-order valence-corrected chi connectivity index (χ3v) is 3.66. The smallest absolute Gasteiger partial charge is 0.150 e. The van der Waals surface area contributed by atoms with E-state index in [9.17, 15) is 0 Å². The van der Waals surface area contributed by atoms with Crippen molar-refractivity contribution in [1.82, 2.24) is 4.98 Å². The van der Waals surface area contributed by atoms with E-state index in [-0.39, 0.29) is 12.1 Å². The molecule has 94 valence electrons.